The molecular weight excluding hydrogens is 263 g/mol. The Hall–Kier alpha value is -2.11. The number of anilines is 1. The Bertz CT molecular complexity index is 499. The highest BCUT2D eigenvalue weighted by Gasteiger charge is 2.22. The number of aldehydes is 1. The fourth-order valence-electron chi connectivity index (χ4n) is 2.21. The molecule has 1 aliphatic rings. The molecule has 0 atom stereocenters. The van der Waals surface area contributed by atoms with Crippen molar-refractivity contribution in [1.29, 1.82) is 0 Å². The number of halogens is 1. The van der Waals surface area contributed by atoms with E-state index in [4.69, 9.17) is 4.74 Å². The summed E-state index contributed by atoms with van der Waals surface area (Å²) < 4.78 is 18.3. The van der Waals surface area contributed by atoms with Gasteiger partial charge in [-0.1, -0.05) is 0 Å². The summed E-state index contributed by atoms with van der Waals surface area (Å²) in [5.74, 6) is -0.433. The van der Waals surface area contributed by atoms with Crippen LogP contribution >= 0.6 is 0 Å². The SMILES string of the molecule is CCOC(=O)N1CCN(c2cc(F)cc(C=O)c2)CC1. The zero-order valence-electron chi connectivity index (χ0n) is 11.3. The van der Waals surface area contributed by atoms with Gasteiger partial charge in [-0.3, -0.25) is 4.79 Å². The molecule has 0 N–H and O–H groups in total. The van der Waals surface area contributed by atoms with E-state index in [2.05, 4.69) is 0 Å². The van der Waals surface area contributed by atoms with Gasteiger partial charge in [0.2, 0.25) is 0 Å². The smallest absolute Gasteiger partial charge is 0.409 e. The average Bonchev–Trinajstić information content (AvgIpc) is 2.47. The van der Waals surface area contributed by atoms with Crippen molar-refractivity contribution in [2.45, 2.75) is 6.92 Å². The predicted molar refractivity (Wildman–Crippen MR) is 72.6 cm³/mol. The number of hydrogen-bond acceptors (Lipinski definition) is 4. The Morgan fingerprint density at radius 1 is 1.30 bits per heavy atom. The molecule has 1 aromatic rings. The molecule has 1 aromatic carbocycles. The van der Waals surface area contributed by atoms with Crippen molar-refractivity contribution in [2.75, 3.05) is 37.7 Å². The summed E-state index contributed by atoms with van der Waals surface area (Å²) in [6, 6.07) is 4.24. The molecule has 0 aromatic heterocycles. The van der Waals surface area contributed by atoms with Crippen molar-refractivity contribution < 1.29 is 18.7 Å². The molecule has 0 aliphatic carbocycles. The van der Waals surface area contributed by atoms with Crippen molar-refractivity contribution in [3.05, 3.63) is 29.6 Å². The number of piperazine rings is 1. The van der Waals surface area contributed by atoms with Gasteiger partial charge in [-0.25, -0.2) is 9.18 Å². The van der Waals surface area contributed by atoms with Gasteiger partial charge in [0.25, 0.3) is 0 Å². The molecule has 1 saturated heterocycles. The van der Waals surface area contributed by atoms with Crippen LogP contribution in [0.3, 0.4) is 0 Å². The van der Waals surface area contributed by atoms with Gasteiger partial charge in [-0.2, -0.15) is 0 Å². The molecule has 1 amide bonds. The summed E-state index contributed by atoms with van der Waals surface area (Å²) >= 11 is 0. The highest BCUT2D eigenvalue weighted by molar-refractivity contribution is 5.77. The van der Waals surface area contributed by atoms with E-state index in [1.54, 1.807) is 17.9 Å². The Morgan fingerprint density at radius 2 is 2.00 bits per heavy atom. The summed E-state index contributed by atoms with van der Waals surface area (Å²) in [6.07, 6.45) is 0.307. The lowest BCUT2D eigenvalue weighted by Gasteiger charge is -2.35. The lowest BCUT2D eigenvalue weighted by Crippen LogP contribution is -2.49. The Balaban J connectivity index is 2.02. The maximum Gasteiger partial charge on any atom is 0.409 e. The van der Waals surface area contributed by atoms with Crippen molar-refractivity contribution in [1.82, 2.24) is 4.90 Å². The number of hydrogen-bond donors (Lipinski definition) is 0. The molecular formula is C14H17FN2O3. The minimum absolute atomic E-state index is 0.313. The summed E-state index contributed by atoms with van der Waals surface area (Å²) in [7, 11) is 0. The quantitative estimate of drug-likeness (QED) is 0.794. The maximum atomic E-state index is 13.4. The molecule has 0 saturated carbocycles. The molecule has 6 heteroatoms. The topological polar surface area (TPSA) is 49.9 Å². The largest absolute Gasteiger partial charge is 0.450 e. The van der Waals surface area contributed by atoms with Crippen LogP contribution in [0, 0.1) is 5.82 Å². The van der Waals surface area contributed by atoms with Crippen molar-refractivity contribution in [3.63, 3.8) is 0 Å². The predicted octanol–water partition coefficient (Wildman–Crippen LogP) is 1.92. The van der Waals surface area contributed by atoms with Gasteiger partial charge in [-0.15, -0.1) is 0 Å². The molecule has 5 nitrogen and oxygen atoms in total. The molecule has 1 heterocycles. The van der Waals surface area contributed by atoms with E-state index in [1.165, 1.54) is 12.1 Å². The van der Waals surface area contributed by atoms with E-state index in [1.807, 2.05) is 4.90 Å². The van der Waals surface area contributed by atoms with Crippen LogP contribution in [-0.4, -0.2) is 50.1 Å². The van der Waals surface area contributed by atoms with Gasteiger partial charge in [0.05, 0.1) is 6.61 Å². The van der Waals surface area contributed by atoms with Crippen LogP contribution in [0.2, 0.25) is 0 Å². The molecule has 1 fully saturated rings. The highest BCUT2D eigenvalue weighted by Crippen LogP contribution is 2.19. The molecule has 20 heavy (non-hydrogen) atoms. The van der Waals surface area contributed by atoms with Crippen LogP contribution in [0.4, 0.5) is 14.9 Å². The maximum absolute atomic E-state index is 13.4. The van der Waals surface area contributed by atoms with Crippen LogP contribution in [0.1, 0.15) is 17.3 Å². The van der Waals surface area contributed by atoms with E-state index in [0.717, 1.165) is 0 Å². The minimum atomic E-state index is -0.433. The first-order chi connectivity index (χ1) is 9.63. The second kappa shape index (κ2) is 6.36. The number of amides is 1. The standard InChI is InChI=1S/C14H17FN2O3/c1-2-20-14(19)17-5-3-16(4-6-17)13-8-11(10-18)7-12(15)9-13/h7-10H,2-6H2,1H3. The van der Waals surface area contributed by atoms with Gasteiger partial charge in [0, 0.05) is 37.4 Å². The lowest BCUT2D eigenvalue weighted by molar-refractivity contribution is 0.105. The molecule has 0 radical (unpaired) electrons. The third-order valence-electron chi connectivity index (χ3n) is 3.21. The summed E-state index contributed by atoms with van der Waals surface area (Å²) in [6.45, 7) is 4.33. The number of carbonyl (C=O) groups is 2. The Kier molecular flexibility index (Phi) is 4.55. The van der Waals surface area contributed by atoms with E-state index in [0.29, 0.717) is 50.3 Å². The number of benzene rings is 1. The van der Waals surface area contributed by atoms with Gasteiger partial charge in [-0.05, 0) is 25.1 Å². The average molecular weight is 280 g/mol. The van der Waals surface area contributed by atoms with Crippen LogP contribution in [-0.2, 0) is 4.74 Å². The zero-order chi connectivity index (χ0) is 14.5. The van der Waals surface area contributed by atoms with Gasteiger partial charge in [0.15, 0.2) is 0 Å². The number of rotatable bonds is 3. The Labute approximate surface area is 116 Å². The highest BCUT2D eigenvalue weighted by atomic mass is 19.1. The third-order valence-corrected chi connectivity index (χ3v) is 3.21. The van der Waals surface area contributed by atoms with Crippen LogP contribution < -0.4 is 4.90 Å². The van der Waals surface area contributed by atoms with Crippen molar-refractivity contribution in [2.24, 2.45) is 0 Å². The van der Waals surface area contributed by atoms with Crippen LogP contribution in [0.25, 0.3) is 0 Å². The number of nitrogens with zero attached hydrogens (tertiary/aromatic N) is 2. The van der Waals surface area contributed by atoms with Crippen LogP contribution in [0.15, 0.2) is 18.2 Å². The molecule has 0 unspecified atom stereocenters. The van der Waals surface area contributed by atoms with E-state index < -0.39 is 5.82 Å². The number of ether oxygens (including phenoxy) is 1. The van der Waals surface area contributed by atoms with Crippen molar-refractivity contribution >= 4 is 18.1 Å². The van der Waals surface area contributed by atoms with Crippen LogP contribution in [0.5, 0.6) is 0 Å². The normalized spacial score (nSPS) is 15.1. The molecule has 1 aliphatic heterocycles. The molecule has 0 spiro atoms. The first-order valence-corrected chi connectivity index (χ1v) is 6.56. The summed E-state index contributed by atoms with van der Waals surface area (Å²) in [5, 5.41) is 0. The fraction of sp³-hybridized carbons (Fsp3) is 0.429. The number of carbonyl (C=O) groups excluding carboxylic acids is 2. The minimum Gasteiger partial charge on any atom is -0.450 e. The first-order valence-electron chi connectivity index (χ1n) is 6.56. The zero-order valence-corrected chi connectivity index (χ0v) is 11.3. The van der Waals surface area contributed by atoms with E-state index >= 15 is 0 Å². The van der Waals surface area contributed by atoms with Crippen molar-refractivity contribution in [3.8, 4) is 0 Å². The second-order valence-electron chi connectivity index (χ2n) is 4.53. The van der Waals surface area contributed by atoms with Gasteiger partial charge < -0.3 is 14.5 Å². The first kappa shape index (κ1) is 14.3. The second-order valence-corrected chi connectivity index (χ2v) is 4.53. The third kappa shape index (κ3) is 3.26. The molecule has 2 rings (SSSR count). The van der Waals surface area contributed by atoms with Gasteiger partial charge in [0.1, 0.15) is 12.1 Å². The van der Waals surface area contributed by atoms with E-state index in [-0.39, 0.29) is 6.09 Å². The molecule has 0 bridgehead atoms. The summed E-state index contributed by atoms with van der Waals surface area (Å²) in [5.41, 5.74) is 0.975. The Morgan fingerprint density at radius 3 is 2.60 bits per heavy atom. The lowest BCUT2D eigenvalue weighted by atomic mass is 10.2. The van der Waals surface area contributed by atoms with E-state index in [9.17, 15) is 14.0 Å². The molecule has 108 valence electrons. The summed E-state index contributed by atoms with van der Waals surface area (Å²) in [4.78, 5) is 25.9. The monoisotopic (exact) mass is 280 g/mol. The fourth-order valence-corrected chi connectivity index (χ4v) is 2.21. The van der Waals surface area contributed by atoms with Gasteiger partial charge >= 0.3 is 6.09 Å².